The van der Waals surface area contributed by atoms with Gasteiger partial charge in [0.05, 0.1) is 0 Å². The molecule has 6 heteroatoms. The van der Waals surface area contributed by atoms with Crippen LogP contribution in [0.4, 0.5) is 0 Å². The molecule has 0 aliphatic carbocycles. The van der Waals surface area contributed by atoms with Gasteiger partial charge >= 0.3 is 17.9 Å². The Kier molecular flexibility index (Phi) is 46.6. The van der Waals surface area contributed by atoms with Gasteiger partial charge in [0.2, 0.25) is 0 Å². The van der Waals surface area contributed by atoms with Crippen LogP contribution in [0.25, 0.3) is 0 Å². The van der Waals surface area contributed by atoms with E-state index in [9.17, 15) is 14.4 Å². The van der Waals surface area contributed by atoms with E-state index in [2.05, 4.69) is 34.6 Å². The molecule has 6 nitrogen and oxygen atoms in total. The molecule has 61 heavy (non-hydrogen) atoms. The molecule has 0 saturated heterocycles. The Morgan fingerprint density at radius 2 is 0.623 bits per heavy atom. The number of unbranched alkanes of at least 4 members (excludes halogenated alkanes) is 33. The van der Waals surface area contributed by atoms with Crippen molar-refractivity contribution in [2.75, 3.05) is 13.2 Å². The average molecular weight is 863 g/mol. The molecule has 0 heterocycles. The van der Waals surface area contributed by atoms with Gasteiger partial charge in [-0.1, -0.05) is 266 Å². The van der Waals surface area contributed by atoms with Gasteiger partial charge in [0.1, 0.15) is 13.2 Å². The van der Waals surface area contributed by atoms with E-state index in [4.69, 9.17) is 14.2 Å². The van der Waals surface area contributed by atoms with E-state index in [0.717, 1.165) is 69.6 Å². The smallest absolute Gasteiger partial charge is 0.306 e. The zero-order valence-corrected chi connectivity index (χ0v) is 41.8. The van der Waals surface area contributed by atoms with Gasteiger partial charge in [0.15, 0.2) is 6.10 Å². The Balaban J connectivity index is 4.28. The van der Waals surface area contributed by atoms with Gasteiger partial charge in [-0.25, -0.2) is 0 Å². The second-order valence-electron chi connectivity index (χ2n) is 19.6. The lowest BCUT2D eigenvalue weighted by molar-refractivity contribution is -0.167. The highest BCUT2D eigenvalue weighted by atomic mass is 16.6. The van der Waals surface area contributed by atoms with Crippen LogP contribution in [-0.4, -0.2) is 37.2 Å². The minimum Gasteiger partial charge on any atom is -0.462 e. The van der Waals surface area contributed by atoms with Crippen molar-refractivity contribution >= 4 is 17.9 Å². The highest BCUT2D eigenvalue weighted by molar-refractivity contribution is 5.71. The lowest BCUT2D eigenvalue weighted by Crippen LogP contribution is -2.30. The number of carbonyl (C=O) groups excluding carboxylic acids is 3. The number of hydrogen-bond donors (Lipinski definition) is 0. The monoisotopic (exact) mass is 863 g/mol. The van der Waals surface area contributed by atoms with Crippen LogP contribution in [0.1, 0.15) is 304 Å². The van der Waals surface area contributed by atoms with E-state index in [1.165, 1.54) is 193 Å². The lowest BCUT2D eigenvalue weighted by Gasteiger charge is -2.18. The highest BCUT2D eigenvalue weighted by Gasteiger charge is 2.19. The minimum atomic E-state index is -0.762. The molecule has 0 aromatic carbocycles. The summed E-state index contributed by atoms with van der Waals surface area (Å²) >= 11 is 0. The second-order valence-corrected chi connectivity index (χ2v) is 19.6. The predicted molar refractivity (Wildman–Crippen MR) is 261 cm³/mol. The first-order valence-electron chi connectivity index (χ1n) is 27.3. The lowest BCUT2D eigenvalue weighted by atomic mass is 9.99. The molecule has 0 aromatic rings. The van der Waals surface area contributed by atoms with Crippen molar-refractivity contribution in [3.8, 4) is 0 Å². The molecule has 0 N–H and O–H groups in total. The molecule has 2 atom stereocenters. The summed E-state index contributed by atoms with van der Waals surface area (Å²) in [5.74, 6) is 0.817. The largest absolute Gasteiger partial charge is 0.462 e. The molecular formula is C55H106O6. The van der Waals surface area contributed by atoms with Gasteiger partial charge in [-0.3, -0.25) is 14.4 Å². The Hall–Kier alpha value is -1.59. The van der Waals surface area contributed by atoms with Crippen molar-refractivity contribution in [3.05, 3.63) is 0 Å². The van der Waals surface area contributed by atoms with Gasteiger partial charge in [-0.2, -0.15) is 0 Å². The van der Waals surface area contributed by atoms with Crippen molar-refractivity contribution in [1.82, 2.24) is 0 Å². The van der Waals surface area contributed by atoms with Crippen LogP contribution < -0.4 is 0 Å². The van der Waals surface area contributed by atoms with Gasteiger partial charge < -0.3 is 14.2 Å². The number of rotatable bonds is 49. The molecule has 0 amide bonds. The average Bonchev–Trinajstić information content (AvgIpc) is 3.24. The van der Waals surface area contributed by atoms with E-state index in [1.54, 1.807) is 0 Å². The third kappa shape index (κ3) is 47.7. The normalized spacial score (nSPS) is 12.5. The van der Waals surface area contributed by atoms with Crippen LogP contribution in [0.15, 0.2) is 0 Å². The fraction of sp³-hybridized carbons (Fsp3) is 0.945. The van der Waals surface area contributed by atoms with Crippen LogP contribution in [0.3, 0.4) is 0 Å². The van der Waals surface area contributed by atoms with Crippen LogP contribution in [0.2, 0.25) is 0 Å². The topological polar surface area (TPSA) is 78.9 Å². The Labute approximate surface area is 380 Å². The Bertz CT molecular complexity index is 933. The maximum Gasteiger partial charge on any atom is 0.306 e. The molecule has 1 unspecified atom stereocenters. The number of ether oxygens (including phenoxy) is 3. The van der Waals surface area contributed by atoms with Crippen molar-refractivity contribution in [2.24, 2.45) is 11.8 Å². The van der Waals surface area contributed by atoms with Crippen molar-refractivity contribution in [1.29, 1.82) is 0 Å². The summed E-state index contributed by atoms with van der Waals surface area (Å²) < 4.78 is 16.8. The third-order valence-electron chi connectivity index (χ3n) is 12.8. The fourth-order valence-corrected chi connectivity index (χ4v) is 8.31. The molecule has 0 spiro atoms. The summed E-state index contributed by atoms with van der Waals surface area (Å²) in [4.78, 5) is 38.0. The first-order valence-corrected chi connectivity index (χ1v) is 27.3. The van der Waals surface area contributed by atoms with Gasteiger partial charge in [0.25, 0.3) is 0 Å². The predicted octanol–water partition coefficient (Wildman–Crippen LogP) is 17.7. The van der Waals surface area contributed by atoms with E-state index in [0.29, 0.717) is 19.3 Å². The summed E-state index contributed by atoms with van der Waals surface area (Å²) in [6.07, 6.45) is 49.5. The van der Waals surface area contributed by atoms with E-state index in [-0.39, 0.29) is 31.1 Å². The first kappa shape index (κ1) is 59.4. The minimum absolute atomic E-state index is 0.0638. The third-order valence-corrected chi connectivity index (χ3v) is 12.8. The number of esters is 3. The molecule has 0 aliphatic heterocycles. The molecule has 0 saturated carbocycles. The number of carbonyl (C=O) groups is 3. The zero-order chi connectivity index (χ0) is 44.7. The Morgan fingerprint density at radius 3 is 0.934 bits per heavy atom. The van der Waals surface area contributed by atoms with Crippen molar-refractivity contribution in [2.45, 2.75) is 310 Å². The number of hydrogen-bond acceptors (Lipinski definition) is 6. The van der Waals surface area contributed by atoms with Gasteiger partial charge in [0, 0.05) is 19.3 Å². The maximum atomic E-state index is 12.8. The SMILES string of the molecule is CCCCCCCCCCCCCCCCCCCCC(=O)OC[C@H](COC(=O)CCCCCCCCCCC(C)CC)OC(=O)CCCCCCCCCCCCC(C)C. The molecule has 0 bridgehead atoms. The molecule has 362 valence electrons. The van der Waals surface area contributed by atoms with Crippen LogP contribution in [-0.2, 0) is 28.6 Å². The summed E-state index contributed by atoms with van der Waals surface area (Å²) in [6.45, 7) is 11.4. The molecular weight excluding hydrogens is 757 g/mol. The summed E-state index contributed by atoms with van der Waals surface area (Å²) in [6, 6.07) is 0. The van der Waals surface area contributed by atoms with Gasteiger partial charge in [-0.05, 0) is 31.1 Å². The van der Waals surface area contributed by atoms with E-state index < -0.39 is 6.10 Å². The van der Waals surface area contributed by atoms with Crippen LogP contribution in [0.5, 0.6) is 0 Å². The van der Waals surface area contributed by atoms with E-state index >= 15 is 0 Å². The first-order chi connectivity index (χ1) is 29.8. The standard InChI is InChI=1S/C55H106O6/c1-6-8-9-10-11-12-13-14-15-16-17-18-19-20-24-30-35-40-45-53(56)59-48-52(49-60-54(57)46-41-36-31-27-26-29-34-39-44-51(5)7-2)61-55(58)47-42-37-32-25-22-21-23-28-33-38-43-50(3)4/h50-52H,6-49H2,1-5H3/t51?,52-/m1/s1. The quantitative estimate of drug-likeness (QED) is 0.0344. The van der Waals surface area contributed by atoms with Crippen molar-refractivity contribution in [3.63, 3.8) is 0 Å². The Morgan fingerprint density at radius 1 is 0.344 bits per heavy atom. The van der Waals surface area contributed by atoms with Gasteiger partial charge in [-0.15, -0.1) is 0 Å². The second kappa shape index (κ2) is 47.9. The molecule has 0 rings (SSSR count). The van der Waals surface area contributed by atoms with Crippen LogP contribution in [0, 0.1) is 11.8 Å². The molecule has 0 fully saturated rings. The summed E-state index contributed by atoms with van der Waals surface area (Å²) in [5.41, 5.74) is 0. The molecule has 0 aliphatic rings. The molecule has 0 aromatic heterocycles. The molecule has 0 radical (unpaired) electrons. The van der Waals surface area contributed by atoms with Crippen LogP contribution >= 0.6 is 0 Å². The maximum absolute atomic E-state index is 12.8. The zero-order valence-electron chi connectivity index (χ0n) is 41.8. The summed E-state index contributed by atoms with van der Waals surface area (Å²) in [5, 5.41) is 0. The highest BCUT2D eigenvalue weighted by Crippen LogP contribution is 2.18. The summed E-state index contributed by atoms with van der Waals surface area (Å²) in [7, 11) is 0. The fourth-order valence-electron chi connectivity index (χ4n) is 8.31. The van der Waals surface area contributed by atoms with E-state index in [1.807, 2.05) is 0 Å². The van der Waals surface area contributed by atoms with Crippen molar-refractivity contribution < 1.29 is 28.6 Å².